The molecule has 0 heterocycles. The molecule has 1 aromatic rings. The number of ether oxygens (including phenoxy) is 1. The molecule has 0 amide bonds. The molecule has 0 spiro atoms. The van der Waals surface area contributed by atoms with Gasteiger partial charge in [0.25, 0.3) is 0 Å². The molecular weight excluding hydrogens is 230 g/mol. The van der Waals surface area contributed by atoms with Crippen LogP contribution in [-0.4, -0.2) is 6.10 Å². The Morgan fingerprint density at radius 3 is 2.85 bits per heavy atom. The largest absolute Gasteiger partial charge is 0.501 e. The summed E-state index contributed by atoms with van der Waals surface area (Å²) in [5, 5.41) is 0. The highest BCUT2D eigenvalue weighted by atomic mass is 79.9. The van der Waals surface area contributed by atoms with Crippen molar-refractivity contribution in [1.29, 1.82) is 0 Å². The summed E-state index contributed by atoms with van der Waals surface area (Å²) < 4.78 is 6.39. The van der Waals surface area contributed by atoms with E-state index < -0.39 is 0 Å². The Kier molecular flexibility index (Phi) is 2.24. The predicted octanol–water partition coefficient (Wildman–Crippen LogP) is 3.54. The zero-order chi connectivity index (χ0) is 9.26. The lowest BCUT2D eigenvalue weighted by Gasteiger charge is -2.06. The van der Waals surface area contributed by atoms with Crippen LogP contribution in [0.25, 0.3) is 4.85 Å². The summed E-state index contributed by atoms with van der Waals surface area (Å²) in [6, 6.07) is 5.58. The molecule has 1 fully saturated rings. The molecule has 13 heavy (non-hydrogen) atoms. The summed E-state index contributed by atoms with van der Waals surface area (Å²) in [4.78, 5) is 3.43. The van der Waals surface area contributed by atoms with E-state index >= 15 is 0 Å². The second-order valence-corrected chi connectivity index (χ2v) is 3.87. The maximum atomic E-state index is 7.01. The topological polar surface area (TPSA) is 13.6 Å². The lowest BCUT2D eigenvalue weighted by molar-refractivity contribution is 0.305. The number of nitrogens with zero attached hydrogens (tertiary/aromatic N) is 1. The van der Waals surface area contributed by atoms with Gasteiger partial charge in [-0.1, -0.05) is 28.1 Å². The number of benzene rings is 1. The maximum Gasteiger partial charge on any atom is 0.241 e. The molecule has 1 aliphatic rings. The van der Waals surface area contributed by atoms with E-state index in [1.165, 1.54) is 0 Å². The van der Waals surface area contributed by atoms with Gasteiger partial charge in [-0.05, 0) is 18.9 Å². The first kappa shape index (κ1) is 8.58. The van der Waals surface area contributed by atoms with Crippen LogP contribution in [-0.2, 0) is 0 Å². The van der Waals surface area contributed by atoms with Gasteiger partial charge in [0.2, 0.25) is 5.69 Å². The van der Waals surface area contributed by atoms with E-state index in [2.05, 4.69) is 20.8 Å². The molecule has 2 rings (SSSR count). The molecule has 0 N–H and O–H groups in total. The smallest absolute Gasteiger partial charge is 0.241 e. The van der Waals surface area contributed by atoms with E-state index in [4.69, 9.17) is 11.3 Å². The monoisotopic (exact) mass is 237 g/mol. The summed E-state index contributed by atoms with van der Waals surface area (Å²) in [6.07, 6.45) is 2.57. The van der Waals surface area contributed by atoms with Crippen molar-refractivity contribution in [3.05, 3.63) is 34.1 Å². The van der Waals surface area contributed by atoms with Crippen molar-refractivity contribution >= 4 is 21.6 Å². The average Bonchev–Trinajstić information content (AvgIpc) is 2.89. The number of para-hydroxylation sites is 1. The SMILES string of the molecule is [C-]#[N+]c1c(Br)cccc1OC1CC1. The molecular formula is C10H8BrNO. The third kappa shape index (κ3) is 1.84. The van der Waals surface area contributed by atoms with E-state index in [0.717, 1.165) is 17.3 Å². The van der Waals surface area contributed by atoms with Crippen molar-refractivity contribution in [3.63, 3.8) is 0 Å². The Morgan fingerprint density at radius 2 is 2.23 bits per heavy atom. The first-order chi connectivity index (χ1) is 6.31. The van der Waals surface area contributed by atoms with E-state index in [9.17, 15) is 0 Å². The third-order valence-corrected chi connectivity index (χ3v) is 2.52. The van der Waals surface area contributed by atoms with Crippen LogP contribution in [0.5, 0.6) is 5.75 Å². The molecule has 3 heteroatoms. The van der Waals surface area contributed by atoms with Crippen LogP contribution >= 0.6 is 15.9 Å². The summed E-state index contributed by atoms with van der Waals surface area (Å²) in [5.41, 5.74) is 0.578. The van der Waals surface area contributed by atoms with Crippen LogP contribution < -0.4 is 4.74 Å². The lowest BCUT2D eigenvalue weighted by Crippen LogP contribution is -1.95. The highest BCUT2D eigenvalue weighted by molar-refractivity contribution is 9.10. The first-order valence-corrected chi connectivity index (χ1v) is 4.93. The Bertz CT molecular complexity index is 366. The van der Waals surface area contributed by atoms with Gasteiger partial charge in [-0.2, -0.15) is 0 Å². The summed E-state index contributed by atoms with van der Waals surface area (Å²) >= 11 is 3.32. The number of halogens is 1. The van der Waals surface area contributed by atoms with Gasteiger partial charge in [0.15, 0.2) is 0 Å². The Labute approximate surface area is 85.5 Å². The van der Waals surface area contributed by atoms with Crippen LogP contribution in [0.2, 0.25) is 0 Å². The van der Waals surface area contributed by atoms with Crippen LogP contribution in [0.3, 0.4) is 0 Å². The maximum absolute atomic E-state index is 7.01. The van der Waals surface area contributed by atoms with Gasteiger partial charge < -0.3 is 4.74 Å². The van der Waals surface area contributed by atoms with Crippen molar-refractivity contribution in [1.82, 2.24) is 0 Å². The second kappa shape index (κ2) is 3.39. The fraction of sp³-hybridized carbons (Fsp3) is 0.300. The average molecular weight is 238 g/mol. The zero-order valence-electron chi connectivity index (χ0n) is 6.96. The molecule has 66 valence electrons. The Balaban J connectivity index is 2.32. The van der Waals surface area contributed by atoms with E-state index in [-0.39, 0.29) is 0 Å². The fourth-order valence-corrected chi connectivity index (χ4v) is 1.50. The molecule has 0 atom stereocenters. The minimum Gasteiger partial charge on any atom is -0.501 e. The molecule has 0 radical (unpaired) electrons. The normalized spacial score (nSPS) is 15.1. The first-order valence-electron chi connectivity index (χ1n) is 4.14. The van der Waals surface area contributed by atoms with E-state index in [1.807, 2.05) is 18.2 Å². The minimum atomic E-state index is 0.342. The molecule has 1 aliphatic carbocycles. The molecule has 0 saturated heterocycles. The predicted molar refractivity (Wildman–Crippen MR) is 54.1 cm³/mol. The molecule has 1 saturated carbocycles. The Morgan fingerprint density at radius 1 is 1.46 bits per heavy atom. The minimum absolute atomic E-state index is 0.342. The van der Waals surface area contributed by atoms with Gasteiger partial charge >= 0.3 is 0 Å². The van der Waals surface area contributed by atoms with Gasteiger partial charge in [-0.3, -0.25) is 0 Å². The molecule has 2 nitrogen and oxygen atoms in total. The van der Waals surface area contributed by atoms with Crippen molar-refractivity contribution < 1.29 is 4.74 Å². The van der Waals surface area contributed by atoms with Crippen LogP contribution in [0, 0.1) is 6.57 Å². The molecule has 0 bridgehead atoms. The summed E-state index contributed by atoms with van der Waals surface area (Å²) in [6.45, 7) is 7.01. The standard InChI is InChI=1S/C10H8BrNO/c1-12-10-8(11)3-2-4-9(10)13-7-5-6-7/h2-4,7H,5-6H2. The number of rotatable bonds is 2. The zero-order valence-corrected chi connectivity index (χ0v) is 8.54. The fourth-order valence-electron chi connectivity index (χ4n) is 1.06. The summed E-state index contributed by atoms with van der Waals surface area (Å²) in [5.74, 6) is 0.701. The van der Waals surface area contributed by atoms with Crippen molar-refractivity contribution in [2.24, 2.45) is 0 Å². The van der Waals surface area contributed by atoms with E-state index in [0.29, 0.717) is 17.5 Å². The van der Waals surface area contributed by atoms with Gasteiger partial charge in [-0.15, -0.1) is 0 Å². The van der Waals surface area contributed by atoms with Gasteiger partial charge in [0, 0.05) is 4.47 Å². The third-order valence-electron chi connectivity index (χ3n) is 1.88. The van der Waals surface area contributed by atoms with Gasteiger partial charge in [0.1, 0.15) is 5.75 Å². The number of hydrogen-bond donors (Lipinski definition) is 0. The molecule has 0 aromatic heterocycles. The van der Waals surface area contributed by atoms with Gasteiger partial charge in [-0.25, -0.2) is 4.85 Å². The Hall–Kier alpha value is -1.01. The van der Waals surface area contributed by atoms with Crippen molar-refractivity contribution in [2.75, 3.05) is 0 Å². The number of hydrogen-bond acceptors (Lipinski definition) is 1. The van der Waals surface area contributed by atoms with Gasteiger partial charge in [0.05, 0.1) is 12.7 Å². The molecule has 1 aromatic carbocycles. The van der Waals surface area contributed by atoms with E-state index in [1.54, 1.807) is 0 Å². The molecule has 0 aliphatic heterocycles. The highest BCUT2D eigenvalue weighted by Gasteiger charge is 2.24. The molecule has 0 unspecified atom stereocenters. The van der Waals surface area contributed by atoms with Crippen LogP contribution in [0.15, 0.2) is 22.7 Å². The highest BCUT2D eigenvalue weighted by Crippen LogP contribution is 2.38. The quantitative estimate of drug-likeness (QED) is 0.718. The van der Waals surface area contributed by atoms with Crippen LogP contribution in [0.4, 0.5) is 5.69 Å². The lowest BCUT2D eigenvalue weighted by atomic mass is 10.3. The second-order valence-electron chi connectivity index (χ2n) is 3.02. The summed E-state index contributed by atoms with van der Waals surface area (Å²) in [7, 11) is 0. The van der Waals surface area contributed by atoms with Crippen LogP contribution in [0.1, 0.15) is 12.8 Å². The van der Waals surface area contributed by atoms with Crippen molar-refractivity contribution in [2.45, 2.75) is 18.9 Å². The van der Waals surface area contributed by atoms with Crippen molar-refractivity contribution in [3.8, 4) is 5.75 Å².